The molecule has 1 aromatic rings. The van der Waals surface area contributed by atoms with Crippen molar-refractivity contribution in [3.8, 4) is 0 Å². The van der Waals surface area contributed by atoms with Gasteiger partial charge in [0, 0.05) is 24.6 Å². The van der Waals surface area contributed by atoms with E-state index in [1.807, 2.05) is 11.4 Å². The molecule has 108 valence electrons. The molecule has 0 aromatic carbocycles. The van der Waals surface area contributed by atoms with Crippen molar-refractivity contribution in [1.82, 2.24) is 10.6 Å². The summed E-state index contributed by atoms with van der Waals surface area (Å²) in [4.78, 5) is 32.8. The molecule has 1 atom stereocenters. The summed E-state index contributed by atoms with van der Waals surface area (Å²) in [6.07, 6.45) is 4.33. The van der Waals surface area contributed by atoms with Crippen LogP contribution < -0.4 is 10.6 Å². The van der Waals surface area contributed by atoms with Gasteiger partial charge < -0.3 is 14.8 Å². The van der Waals surface area contributed by atoms with Gasteiger partial charge in [0.1, 0.15) is 5.76 Å². The van der Waals surface area contributed by atoms with Gasteiger partial charge in [0.2, 0.25) is 0 Å². The Hall–Kier alpha value is -2.57. The molecule has 0 saturated carbocycles. The number of urea groups is 1. The first kappa shape index (κ1) is 15.5. The molecule has 0 aliphatic rings. The second kappa shape index (κ2) is 7.78. The van der Waals surface area contributed by atoms with Gasteiger partial charge in [0.15, 0.2) is 0 Å². The van der Waals surface area contributed by atoms with Gasteiger partial charge in [0.05, 0.1) is 6.26 Å². The second-order valence-electron chi connectivity index (χ2n) is 4.15. The summed E-state index contributed by atoms with van der Waals surface area (Å²) < 4.78 is 5.16. The zero-order valence-electron chi connectivity index (χ0n) is 11.0. The van der Waals surface area contributed by atoms with Gasteiger partial charge in [0.25, 0.3) is 5.91 Å². The van der Waals surface area contributed by atoms with Crippen LogP contribution in [0.5, 0.6) is 0 Å². The first-order valence-corrected chi connectivity index (χ1v) is 6.02. The average Bonchev–Trinajstić information content (AvgIpc) is 2.86. The molecule has 20 heavy (non-hydrogen) atoms. The van der Waals surface area contributed by atoms with Crippen LogP contribution >= 0.6 is 0 Å². The van der Waals surface area contributed by atoms with Crippen molar-refractivity contribution in [1.29, 1.82) is 0 Å². The lowest BCUT2D eigenvalue weighted by molar-refractivity contribution is -0.131. The first-order chi connectivity index (χ1) is 9.47. The number of aliphatic carboxylic acids is 1. The number of carboxylic acids is 1. The molecule has 1 rings (SSSR count). The van der Waals surface area contributed by atoms with E-state index in [-0.39, 0.29) is 6.04 Å². The van der Waals surface area contributed by atoms with Gasteiger partial charge >= 0.3 is 12.0 Å². The van der Waals surface area contributed by atoms with Crippen molar-refractivity contribution in [2.75, 3.05) is 0 Å². The summed E-state index contributed by atoms with van der Waals surface area (Å²) in [6.45, 7) is 1.79. The minimum Gasteiger partial charge on any atom is -0.478 e. The highest BCUT2D eigenvalue weighted by Crippen LogP contribution is 2.05. The van der Waals surface area contributed by atoms with E-state index in [2.05, 4.69) is 5.32 Å². The molecule has 0 spiro atoms. The van der Waals surface area contributed by atoms with Crippen molar-refractivity contribution in [3.63, 3.8) is 0 Å². The Morgan fingerprint density at radius 3 is 2.75 bits per heavy atom. The third-order valence-electron chi connectivity index (χ3n) is 2.40. The summed E-state index contributed by atoms with van der Waals surface area (Å²) in [5.74, 6) is -1.23. The Morgan fingerprint density at radius 2 is 2.15 bits per heavy atom. The largest absolute Gasteiger partial charge is 0.478 e. The molecule has 0 aliphatic heterocycles. The topological polar surface area (TPSA) is 109 Å². The molecule has 0 aliphatic carbocycles. The Morgan fingerprint density at radius 1 is 1.40 bits per heavy atom. The van der Waals surface area contributed by atoms with Gasteiger partial charge in [-0.05, 0) is 25.5 Å². The van der Waals surface area contributed by atoms with Gasteiger partial charge in [-0.3, -0.25) is 10.1 Å². The summed E-state index contributed by atoms with van der Waals surface area (Å²) in [5.41, 5.74) is 0. The monoisotopic (exact) mass is 280 g/mol. The molecule has 0 saturated heterocycles. The molecular formula is C13H16N2O5. The van der Waals surface area contributed by atoms with E-state index in [0.29, 0.717) is 18.9 Å². The molecule has 1 heterocycles. The standard InChI is InChI=1S/C13H16N2O5/c1-9(4-5-10-3-2-8-20-10)14-13(19)15-11(16)6-7-12(17)18/h2-3,6-9H,4-5H2,1H3,(H,17,18)(H2,14,15,16,19). The van der Waals surface area contributed by atoms with Crippen molar-refractivity contribution in [2.45, 2.75) is 25.8 Å². The van der Waals surface area contributed by atoms with Gasteiger partial charge in [-0.2, -0.15) is 0 Å². The van der Waals surface area contributed by atoms with E-state index in [1.54, 1.807) is 19.3 Å². The number of carbonyl (C=O) groups is 3. The molecule has 3 N–H and O–H groups in total. The third-order valence-corrected chi connectivity index (χ3v) is 2.40. The number of amides is 3. The van der Waals surface area contributed by atoms with Crippen LogP contribution in [0.1, 0.15) is 19.1 Å². The Kier molecular flexibility index (Phi) is 6.02. The minimum atomic E-state index is -1.26. The molecule has 0 fully saturated rings. The summed E-state index contributed by atoms with van der Waals surface area (Å²) in [5, 5.41) is 12.9. The van der Waals surface area contributed by atoms with Crippen molar-refractivity contribution < 1.29 is 23.9 Å². The summed E-state index contributed by atoms with van der Waals surface area (Å²) in [7, 11) is 0. The highest BCUT2D eigenvalue weighted by Gasteiger charge is 2.10. The van der Waals surface area contributed by atoms with Crippen LogP contribution in [0.2, 0.25) is 0 Å². The summed E-state index contributed by atoms with van der Waals surface area (Å²) >= 11 is 0. The zero-order chi connectivity index (χ0) is 15.0. The fraction of sp³-hybridized carbons (Fsp3) is 0.308. The molecule has 7 heteroatoms. The number of carboxylic acid groups (broad SMARTS) is 1. The fourth-order valence-electron chi connectivity index (χ4n) is 1.45. The number of nitrogens with one attached hydrogen (secondary N) is 2. The molecule has 7 nitrogen and oxygen atoms in total. The number of imide groups is 1. The van der Waals surface area contributed by atoms with Gasteiger partial charge in [-0.15, -0.1) is 0 Å². The summed E-state index contributed by atoms with van der Waals surface area (Å²) in [6, 6.07) is 2.80. The lowest BCUT2D eigenvalue weighted by atomic mass is 10.1. The highest BCUT2D eigenvalue weighted by molar-refractivity contribution is 6.02. The normalized spacial score (nSPS) is 12.1. The number of aryl methyl sites for hydroxylation is 1. The minimum absolute atomic E-state index is 0.156. The van der Waals surface area contributed by atoms with E-state index in [0.717, 1.165) is 11.8 Å². The number of rotatable bonds is 6. The number of hydrogen-bond donors (Lipinski definition) is 3. The Labute approximate surface area is 115 Å². The molecule has 1 unspecified atom stereocenters. The van der Waals surface area contributed by atoms with Crippen molar-refractivity contribution in [3.05, 3.63) is 36.3 Å². The molecule has 3 amide bonds. The van der Waals surface area contributed by atoms with Crippen LogP contribution in [0.25, 0.3) is 0 Å². The fourth-order valence-corrected chi connectivity index (χ4v) is 1.45. The van der Waals surface area contributed by atoms with E-state index in [9.17, 15) is 14.4 Å². The van der Waals surface area contributed by atoms with Gasteiger partial charge in [-0.25, -0.2) is 9.59 Å². The van der Waals surface area contributed by atoms with Crippen LogP contribution in [0.3, 0.4) is 0 Å². The smallest absolute Gasteiger partial charge is 0.328 e. The molecular weight excluding hydrogens is 264 g/mol. The van der Waals surface area contributed by atoms with E-state index >= 15 is 0 Å². The Bertz CT molecular complexity index is 493. The second-order valence-corrected chi connectivity index (χ2v) is 4.15. The first-order valence-electron chi connectivity index (χ1n) is 6.02. The quantitative estimate of drug-likeness (QED) is 0.675. The van der Waals surface area contributed by atoms with E-state index in [1.165, 1.54) is 0 Å². The maximum Gasteiger partial charge on any atom is 0.328 e. The zero-order valence-corrected chi connectivity index (χ0v) is 11.0. The predicted molar refractivity (Wildman–Crippen MR) is 69.9 cm³/mol. The van der Waals surface area contributed by atoms with Crippen molar-refractivity contribution >= 4 is 17.9 Å². The van der Waals surface area contributed by atoms with Crippen LogP contribution in [-0.2, 0) is 16.0 Å². The molecule has 0 bridgehead atoms. The Balaban J connectivity index is 2.27. The number of carbonyl (C=O) groups excluding carboxylic acids is 2. The number of furan rings is 1. The third kappa shape index (κ3) is 6.39. The van der Waals surface area contributed by atoms with Crippen LogP contribution in [0.15, 0.2) is 35.0 Å². The predicted octanol–water partition coefficient (Wildman–Crippen LogP) is 1.07. The molecule has 0 radical (unpaired) electrons. The van der Waals surface area contributed by atoms with Crippen LogP contribution in [0, 0.1) is 0 Å². The highest BCUT2D eigenvalue weighted by atomic mass is 16.4. The molecule has 1 aromatic heterocycles. The van der Waals surface area contributed by atoms with Crippen LogP contribution in [-0.4, -0.2) is 29.1 Å². The SMILES string of the molecule is CC(CCc1ccco1)NC(=O)NC(=O)C=CC(=O)O. The van der Waals surface area contributed by atoms with Gasteiger partial charge in [-0.1, -0.05) is 0 Å². The average molecular weight is 280 g/mol. The lowest BCUT2D eigenvalue weighted by Crippen LogP contribution is -2.43. The number of hydrogen-bond acceptors (Lipinski definition) is 4. The van der Waals surface area contributed by atoms with E-state index < -0.39 is 17.9 Å². The maximum atomic E-state index is 11.4. The lowest BCUT2D eigenvalue weighted by Gasteiger charge is -2.12. The van der Waals surface area contributed by atoms with Crippen molar-refractivity contribution in [2.24, 2.45) is 0 Å². The van der Waals surface area contributed by atoms with E-state index in [4.69, 9.17) is 9.52 Å². The maximum absolute atomic E-state index is 11.4. The van der Waals surface area contributed by atoms with Crippen LogP contribution in [0.4, 0.5) is 4.79 Å².